The van der Waals surface area contributed by atoms with Crippen LogP contribution in [0, 0.1) is 0 Å². The van der Waals surface area contributed by atoms with Crippen LogP contribution in [0.4, 0.5) is 0 Å². The Hall–Kier alpha value is -2.92. The summed E-state index contributed by atoms with van der Waals surface area (Å²) >= 11 is 0. The average Bonchev–Trinajstić information content (AvgIpc) is 3.13. The number of unbranched alkanes of at least 4 members (excludes halogenated alkanes) is 16. The molecular weight excluding hydrogens is 620 g/mol. The summed E-state index contributed by atoms with van der Waals surface area (Å²) in [7, 11) is 0. The summed E-state index contributed by atoms with van der Waals surface area (Å²) in [6.45, 7) is 4.66. The van der Waals surface area contributed by atoms with Crippen molar-refractivity contribution in [3.05, 3.63) is 83.5 Å². The van der Waals surface area contributed by atoms with Crippen LogP contribution in [0.5, 0.6) is 0 Å². The smallest absolute Gasteiger partial charge is 0.306 e. The van der Waals surface area contributed by atoms with E-state index in [2.05, 4.69) is 62.5 Å². The molecule has 0 aliphatic carbocycles. The van der Waals surface area contributed by atoms with E-state index in [9.17, 15) is 14.7 Å². The maximum Gasteiger partial charge on any atom is 0.306 e. The van der Waals surface area contributed by atoms with Crippen LogP contribution in [0.15, 0.2) is 66.8 Å². The van der Waals surface area contributed by atoms with Crippen LogP contribution in [0.3, 0.4) is 0 Å². The second-order valence-corrected chi connectivity index (χ2v) is 13.6. The first-order chi connectivity index (χ1) is 24.6. The molecule has 1 rings (SSSR count). The molecule has 5 heteroatoms. The van der Waals surface area contributed by atoms with Crippen molar-refractivity contribution in [2.45, 2.75) is 188 Å². The summed E-state index contributed by atoms with van der Waals surface area (Å²) in [5.41, 5.74) is 2.31. The first-order valence-corrected chi connectivity index (χ1v) is 20.2. The van der Waals surface area contributed by atoms with E-state index in [-0.39, 0.29) is 31.8 Å². The Balaban J connectivity index is 2.13. The van der Waals surface area contributed by atoms with Crippen molar-refractivity contribution in [2.75, 3.05) is 0 Å². The number of allylic oxidation sites excluding steroid dienone is 8. The SMILES string of the molecule is CCCCC/C=C\C/C=C\CCCCCCCC(=O)OCc1cc(CO)cc(COC(=O)CCCCCCC/C=C\C/C=C\CCCCC)c1. The maximum atomic E-state index is 12.3. The van der Waals surface area contributed by atoms with Crippen molar-refractivity contribution in [1.29, 1.82) is 0 Å². The number of ether oxygens (including phenoxy) is 2. The Morgan fingerprint density at radius 1 is 0.480 bits per heavy atom. The number of esters is 2. The average molecular weight is 693 g/mol. The summed E-state index contributed by atoms with van der Waals surface area (Å²) < 4.78 is 11.0. The fourth-order valence-corrected chi connectivity index (χ4v) is 5.73. The molecule has 282 valence electrons. The van der Waals surface area contributed by atoms with Gasteiger partial charge in [0.15, 0.2) is 0 Å². The molecule has 0 aliphatic rings. The minimum absolute atomic E-state index is 0.124. The molecule has 0 amide bonds. The van der Waals surface area contributed by atoms with E-state index in [0.29, 0.717) is 18.4 Å². The lowest BCUT2D eigenvalue weighted by atomic mass is 10.1. The van der Waals surface area contributed by atoms with Crippen LogP contribution in [-0.2, 0) is 38.9 Å². The highest BCUT2D eigenvalue weighted by Crippen LogP contribution is 2.16. The predicted molar refractivity (Wildman–Crippen MR) is 211 cm³/mol. The minimum atomic E-state index is -0.199. The topological polar surface area (TPSA) is 72.8 Å². The van der Waals surface area contributed by atoms with Gasteiger partial charge in [0, 0.05) is 12.8 Å². The van der Waals surface area contributed by atoms with Crippen molar-refractivity contribution < 1.29 is 24.2 Å². The number of benzene rings is 1. The van der Waals surface area contributed by atoms with Gasteiger partial charge >= 0.3 is 11.9 Å². The van der Waals surface area contributed by atoms with E-state index in [1.54, 1.807) is 0 Å². The van der Waals surface area contributed by atoms with Crippen LogP contribution in [0.25, 0.3) is 0 Å². The monoisotopic (exact) mass is 693 g/mol. The molecule has 0 saturated heterocycles. The number of aliphatic hydroxyl groups is 1. The number of rotatable bonds is 33. The Kier molecular flexibility index (Phi) is 31.1. The van der Waals surface area contributed by atoms with Crippen LogP contribution in [0.2, 0.25) is 0 Å². The summed E-state index contributed by atoms with van der Waals surface area (Å²) in [4.78, 5) is 24.7. The van der Waals surface area contributed by atoms with E-state index in [4.69, 9.17) is 9.47 Å². The minimum Gasteiger partial charge on any atom is -0.461 e. The van der Waals surface area contributed by atoms with Crippen molar-refractivity contribution in [1.82, 2.24) is 0 Å². The Labute approximate surface area is 306 Å². The van der Waals surface area contributed by atoms with E-state index in [0.717, 1.165) is 75.3 Å². The standard InChI is InChI=1S/C45H72O5/c1-3-5-7-9-11-13-15-17-19-21-23-25-27-29-31-33-44(47)49-39-42-35-41(38-46)36-43(37-42)40-50-45(48)34-32-30-28-26-24-22-20-18-16-14-12-10-8-6-4-2/h11-14,17-20,35-37,46H,3-10,15-16,21-34,38-40H2,1-2H3/b13-11-,14-12-,19-17-,20-18-. The van der Waals surface area contributed by atoms with Gasteiger partial charge in [0.25, 0.3) is 0 Å². The molecule has 0 heterocycles. The molecule has 0 saturated carbocycles. The highest BCUT2D eigenvalue weighted by molar-refractivity contribution is 5.69. The molecule has 0 aliphatic heterocycles. The van der Waals surface area contributed by atoms with Crippen LogP contribution in [0.1, 0.15) is 185 Å². The lowest BCUT2D eigenvalue weighted by Crippen LogP contribution is -2.07. The third-order valence-electron chi connectivity index (χ3n) is 8.76. The zero-order chi connectivity index (χ0) is 36.2. The molecule has 0 fully saturated rings. The Bertz CT molecular complexity index is 1000. The molecule has 0 atom stereocenters. The molecule has 0 bridgehead atoms. The summed E-state index contributed by atoms with van der Waals surface area (Å²) in [6.07, 6.45) is 44.3. The van der Waals surface area contributed by atoms with Crippen molar-refractivity contribution in [2.24, 2.45) is 0 Å². The third-order valence-corrected chi connectivity index (χ3v) is 8.76. The lowest BCUT2D eigenvalue weighted by Gasteiger charge is -2.11. The summed E-state index contributed by atoms with van der Waals surface area (Å²) in [5.74, 6) is -0.397. The number of hydrogen-bond donors (Lipinski definition) is 1. The van der Waals surface area contributed by atoms with Gasteiger partial charge in [0.2, 0.25) is 0 Å². The Morgan fingerprint density at radius 3 is 1.20 bits per heavy atom. The maximum absolute atomic E-state index is 12.3. The zero-order valence-electron chi connectivity index (χ0n) is 32.0. The van der Waals surface area contributed by atoms with E-state index < -0.39 is 0 Å². The van der Waals surface area contributed by atoms with Crippen LogP contribution >= 0.6 is 0 Å². The van der Waals surface area contributed by atoms with E-state index in [1.807, 2.05) is 18.2 Å². The van der Waals surface area contributed by atoms with E-state index >= 15 is 0 Å². The number of aliphatic hydroxyl groups excluding tert-OH is 1. The van der Waals surface area contributed by atoms with Crippen molar-refractivity contribution in [3.63, 3.8) is 0 Å². The fourth-order valence-electron chi connectivity index (χ4n) is 5.73. The third kappa shape index (κ3) is 28.9. The van der Waals surface area contributed by atoms with Gasteiger partial charge in [-0.3, -0.25) is 9.59 Å². The lowest BCUT2D eigenvalue weighted by molar-refractivity contribution is -0.145. The normalized spacial score (nSPS) is 11.9. The first kappa shape index (κ1) is 45.1. The molecule has 50 heavy (non-hydrogen) atoms. The van der Waals surface area contributed by atoms with Gasteiger partial charge in [-0.15, -0.1) is 0 Å². The van der Waals surface area contributed by atoms with Crippen molar-refractivity contribution in [3.8, 4) is 0 Å². The van der Waals surface area contributed by atoms with Gasteiger partial charge in [-0.1, -0.05) is 139 Å². The highest BCUT2D eigenvalue weighted by atomic mass is 16.5. The molecule has 0 aromatic heterocycles. The molecule has 0 radical (unpaired) electrons. The second kappa shape index (κ2) is 34.5. The van der Waals surface area contributed by atoms with Crippen LogP contribution < -0.4 is 0 Å². The Morgan fingerprint density at radius 2 is 0.820 bits per heavy atom. The quantitative estimate of drug-likeness (QED) is 0.0451. The van der Waals surface area contributed by atoms with Gasteiger partial charge in [0.05, 0.1) is 6.61 Å². The van der Waals surface area contributed by atoms with Gasteiger partial charge in [-0.2, -0.15) is 0 Å². The molecule has 1 N–H and O–H groups in total. The molecule has 0 spiro atoms. The van der Waals surface area contributed by atoms with Gasteiger partial charge in [-0.05, 0) is 99.8 Å². The van der Waals surface area contributed by atoms with Crippen LogP contribution in [-0.4, -0.2) is 17.0 Å². The summed E-state index contributed by atoms with van der Waals surface area (Å²) in [6, 6.07) is 5.55. The fraction of sp³-hybridized carbons (Fsp3) is 0.644. The summed E-state index contributed by atoms with van der Waals surface area (Å²) in [5, 5.41) is 9.72. The molecule has 0 unspecified atom stereocenters. The number of carbonyl (C=O) groups excluding carboxylic acids is 2. The predicted octanol–water partition coefficient (Wildman–Crippen LogP) is 12.9. The highest BCUT2D eigenvalue weighted by Gasteiger charge is 2.08. The molecule has 1 aromatic carbocycles. The van der Waals surface area contributed by atoms with Gasteiger partial charge < -0.3 is 14.6 Å². The largest absolute Gasteiger partial charge is 0.461 e. The second-order valence-electron chi connectivity index (χ2n) is 13.6. The molecular formula is C45H72O5. The van der Waals surface area contributed by atoms with Crippen molar-refractivity contribution >= 4 is 11.9 Å². The number of hydrogen-bond acceptors (Lipinski definition) is 5. The number of carbonyl (C=O) groups is 2. The molecule has 1 aromatic rings. The first-order valence-electron chi connectivity index (χ1n) is 20.2. The van der Waals surface area contributed by atoms with Gasteiger partial charge in [0.1, 0.15) is 13.2 Å². The molecule has 5 nitrogen and oxygen atoms in total. The zero-order valence-corrected chi connectivity index (χ0v) is 32.0. The van der Waals surface area contributed by atoms with Gasteiger partial charge in [-0.25, -0.2) is 0 Å². The van der Waals surface area contributed by atoms with E-state index in [1.165, 1.54) is 77.0 Å².